The van der Waals surface area contributed by atoms with Gasteiger partial charge in [-0.25, -0.2) is 4.79 Å². The third-order valence-corrected chi connectivity index (χ3v) is 5.33. The summed E-state index contributed by atoms with van der Waals surface area (Å²) in [5, 5.41) is 9.66. The number of hydrogen-bond donors (Lipinski definition) is 2. The highest BCUT2D eigenvalue weighted by atomic mass is 32.1. The van der Waals surface area contributed by atoms with Crippen LogP contribution in [0, 0.1) is 0 Å². The number of nitrogens with one attached hydrogen (secondary N) is 1. The van der Waals surface area contributed by atoms with Crippen molar-refractivity contribution in [3.05, 3.63) is 80.3 Å². The first kappa shape index (κ1) is 21.4. The van der Waals surface area contributed by atoms with E-state index in [4.69, 9.17) is 9.47 Å². The van der Waals surface area contributed by atoms with E-state index >= 15 is 0 Å². The fourth-order valence-corrected chi connectivity index (χ4v) is 3.52. The number of benzene rings is 2. The molecule has 0 aliphatic heterocycles. The molecule has 0 saturated heterocycles. The van der Waals surface area contributed by atoms with Crippen LogP contribution in [0.3, 0.4) is 0 Å². The quantitative estimate of drug-likeness (QED) is 0.545. The van der Waals surface area contributed by atoms with Gasteiger partial charge in [-0.3, -0.25) is 9.78 Å². The SMILES string of the molecule is CN(CCOc1ccc(Cc2sc(=O)[nH]c2O)cc1)C(=O)OCCc1ccccc1. The maximum Gasteiger partial charge on any atom is 0.409 e. The van der Waals surface area contributed by atoms with Crippen LogP contribution in [0.15, 0.2) is 59.4 Å². The summed E-state index contributed by atoms with van der Waals surface area (Å²) in [6.07, 6.45) is 0.767. The molecule has 1 aromatic heterocycles. The molecule has 0 saturated carbocycles. The Morgan fingerprint density at radius 2 is 1.80 bits per heavy atom. The highest BCUT2D eigenvalue weighted by Gasteiger charge is 2.10. The molecular weight excluding hydrogens is 404 g/mol. The predicted octanol–water partition coefficient (Wildman–Crippen LogP) is 3.42. The van der Waals surface area contributed by atoms with E-state index < -0.39 is 0 Å². The number of aromatic hydroxyl groups is 1. The normalized spacial score (nSPS) is 10.6. The van der Waals surface area contributed by atoms with Crippen LogP contribution >= 0.6 is 11.3 Å². The highest BCUT2D eigenvalue weighted by Crippen LogP contribution is 2.21. The lowest BCUT2D eigenvalue weighted by molar-refractivity contribution is 0.106. The predicted molar refractivity (Wildman–Crippen MR) is 115 cm³/mol. The summed E-state index contributed by atoms with van der Waals surface area (Å²) in [5.74, 6) is 0.597. The van der Waals surface area contributed by atoms with E-state index in [2.05, 4.69) is 4.98 Å². The van der Waals surface area contributed by atoms with Gasteiger partial charge in [0.1, 0.15) is 12.4 Å². The molecule has 2 aromatic carbocycles. The number of likely N-dealkylation sites (N-methyl/N-ethyl adjacent to an activating group) is 1. The molecule has 0 aliphatic rings. The summed E-state index contributed by atoms with van der Waals surface area (Å²) in [6.45, 7) is 1.07. The molecule has 3 aromatic rings. The molecule has 0 radical (unpaired) electrons. The molecule has 0 unspecified atom stereocenters. The second-order valence-electron chi connectivity index (χ2n) is 6.73. The molecule has 30 heavy (non-hydrogen) atoms. The van der Waals surface area contributed by atoms with Gasteiger partial charge in [0, 0.05) is 19.9 Å². The molecule has 0 atom stereocenters. The minimum atomic E-state index is -0.379. The third kappa shape index (κ3) is 6.38. The Kier molecular flexibility index (Phi) is 7.51. The molecule has 8 heteroatoms. The van der Waals surface area contributed by atoms with Crippen LogP contribution in [0.1, 0.15) is 16.0 Å². The van der Waals surface area contributed by atoms with Crippen molar-refractivity contribution in [1.29, 1.82) is 0 Å². The van der Waals surface area contributed by atoms with E-state index in [1.54, 1.807) is 7.05 Å². The summed E-state index contributed by atoms with van der Waals surface area (Å²) >= 11 is 0.996. The van der Waals surface area contributed by atoms with E-state index in [1.165, 1.54) is 4.90 Å². The number of aromatic amines is 1. The van der Waals surface area contributed by atoms with Gasteiger partial charge in [-0.05, 0) is 23.3 Å². The van der Waals surface area contributed by atoms with Crippen molar-refractivity contribution in [3.8, 4) is 11.6 Å². The number of rotatable bonds is 9. The zero-order chi connectivity index (χ0) is 21.3. The molecule has 0 bridgehead atoms. The van der Waals surface area contributed by atoms with Crippen LogP contribution in [0.5, 0.6) is 11.6 Å². The lowest BCUT2D eigenvalue weighted by Gasteiger charge is -2.17. The zero-order valence-corrected chi connectivity index (χ0v) is 17.5. The Hall–Kier alpha value is -3.26. The number of aromatic nitrogens is 1. The van der Waals surface area contributed by atoms with Gasteiger partial charge < -0.3 is 19.5 Å². The molecule has 2 N–H and O–H groups in total. The molecule has 0 spiro atoms. The Morgan fingerprint density at radius 1 is 1.07 bits per heavy atom. The topological polar surface area (TPSA) is 91.9 Å². The fraction of sp³-hybridized carbons (Fsp3) is 0.273. The number of carbonyl (C=O) groups excluding carboxylic acids is 1. The van der Waals surface area contributed by atoms with Gasteiger partial charge >= 0.3 is 11.0 Å². The maximum absolute atomic E-state index is 12.0. The van der Waals surface area contributed by atoms with E-state index in [0.29, 0.717) is 43.2 Å². The van der Waals surface area contributed by atoms with E-state index in [9.17, 15) is 14.7 Å². The lowest BCUT2D eigenvalue weighted by atomic mass is 10.1. The molecule has 1 heterocycles. The number of hydrogen-bond acceptors (Lipinski definition) is 6. The Labute approximate surface area is 178 Å². The average molecular weight is 429 g/mol. The molecule has 158 valence electrons. The van der Waals surface area contributed by atoms with E-state index in [0.717, 1.165) is 22.5 Å². The number of nitrogens with zero attached hydrogens (tertiary/aromatic N) is 1. The Balaban J connectivity index is 1.37. The van der Waals surface area contributed by atoms with Crippen molar-refractivity contribution in [2.45, 2.75) is 12.8 Å². The van der Waals surface area contributed by atoms with Gasteiger partial charge in [-0.2, -0.15) is 0 Å². The van der Waals surface area contributed by atoms with Crippen LogP contribution < -0.4 is 9.61 Å². The van der Waals surface area contributed by atoms with Gasteiger partial charge in [0.25, 0.3) is 0 Å². The largest absolute Gasteiger partial charge is 0.494 e. The molecule has 1 amide bonds. The smallest absolute Gasteiger partial charge is 0.409 e. The van der Waals surface area contributed by atoms with Gasteiger partial charge in [0.05, 0.1) is 18.0 Å². The molecule has 3 rings (SSSR count). The van der Waals surface area contributed by atoms with Crippen molar-refractivity contribution in [1.82, 2.24) is 9.88 Å². The van der Waals surface area contributed by atoms with Gasteiger partial charge in [-0.15, -0.1) is 0 Å². The first-order valence-corrected chi connectivity index (χ1v) is 10.4. The van der Waals surface area contributed by atoms with Crippen LogP contribution in [0.4, 0.5) is 4.79 Å². The second-order valence-corrected chi connectivity index (χ2v) is 7.79. The second kappa shape index (κ2) is 10.5. The van der Waals surface area contributed by atoms with Crippen LogP contribution in [-0.2, 0) is 17.6 Å². The molecule has 7 nitrogen and oxygen atoms in total. The first-order chi connectivity index (χ1) is 14.5. The minimum Gasteiger partial charge on any atom is -0.494 e. The van der Waals surface area contributed by atoms with Gasteiger partial charge in [0.15, 0.2) is 0 Å². The summed E-state index contributed by atoms with van der Waals surface area (Å²) in [4.78, 5) is 27.4. The van der Waals surface area contributed by atoms with Crippen molar-refractivity contribution in [2.75, 3.05) is 26.8 Å². The summed E-state index contributed by atoms with van der Waals surface area (Å²) in [5.41, 5.74) is 2.08. The third-order valence-electron chi connectivity index (χ3n) is 4.45. The zero-order valence-electron chi connectivity index (χ0n) is 16.7. The van der Waals surface area contributed by atoms with Crippen molar-refractivity contribution in [2.24, 2.45) is 0 Å². The van der Waals surface area contributed by atoms with E-state index in [-0.39, 0.29) is 16.8 Å². The van der Waals surface area contributed by atoms with Crippen molar-refractivity contribution >= 4 is 17.4 Å². The van der Waals surface area contributed by atoms with E-state index in [1.807, 2.05) is 54.6 Å². The Bertz CT molecular complexity index is 998. The molecule has 0 fully saturated rings. The molecule has 0 aliphatic carbocycles. The first-order valence-electron chi connectivity index (χ1n) is 9.56. The van der Waals surface area contributed by atoms with Crippen molar-refractivity contribution in [3.63, 3.8) is 0 Å². The van der Waals surface area contributed by atoms with Crippen LogP contribution in [-0.4, -0.2) is 47.9 Å². The maximum atomic E-state index is 12.0. The van der Waals surface area contributed by atoms with Crippen molar-refractivity contribution < 1.29 is 19.4 Å². The number of amides is 1. The monoisotopic (exact) mass is 428 g/mol. The van der Waals surface area contributed by atoms with Gasteiger partial charge in [-0.1, -0.05) is 53.8 Å². The summed E-state index contributed by atoms with van der Waals surface area (Å²) in [6, 6.07) is 17.3. The fourth-order valence-electron chi connectivity index (χ4n) is 2.76. The highest BCUT2D eigenvalue weighted by molar-refractivity contribution is 7.09. The number of H-pyrrole nitrogens is 1. The standard InChI is InChI=1S/C22H24N2O5S/c1-24(22(27)29-13-11-16-5-3-2-4-6-16)12-14-28-18-9-7-17(8-10-18)15-19-20(25)23-21(26)30-19/h2-10,25H,11-15H2,1H3,(H,23,26). The summed E-state index contributed by atoms with van der Waals surface area (Å²) < 4.78 is 11.0. The molecular formula is C22H24N2O5S. The minimum absolute atomic E-state index is 0.0796. The number of ether oxygens (including phenoxy) is 2. The number of carbonyl (C=O) groups is 1. The average Bonchev–Trinajstić information content (AvgIpc) is 3.06. The van der Waals surface area contributed by atoms with Crippen LogP contribution in [0.2, 0.25) is 0 Å². The van der Waals surface area contributed by atoms with Gasteiger partial charge in [0.2, 0.25) is 5.88 Å². The lowest BCUT2D eigenvalue weighted by Crippen LogP contribution is -2.31. The van der Waals surface area contributed by atoms with Crippen LogP contribution in [0.25, 0.3) is 0 Å². The summed E-state index contributed by atoms with van der Waals surface area (Å²) in [7, 11) is 1.67. The number of thiazole rings is 1. The Morgan fingerprint density at radius 3 is 2.47 bits per heavy atom.